The van der Waals surface area contributed by atoms with Crippen LogP contribution in [0.25, 0.3) is 0 Å². The van der Waals surface area contributed by atoms with Crippen LogP contribution in [-0.4, -0.2) is 22.0 Å². The van der Waals surface area contributed by atoms with Crippen molar-refractivity contribution in [3.8, 4) is 0 Å². The number of halogens is 1. The molecule has 1 heterocycles. The number of ether oxygens (including phenoxy) is 1. The maximum atomic E-state index is 9.13. The first-order valence-electron chi connectivity index (χ1n) is 5.62. The lowest BCUT2D eigenvalue weighted by atomic mass is 10.2. The molecule has 0 saturated heterocycles. The van der Waals surface area contributed by atoms with E-state index in [0.29, 0.717) is 18.8 Å². The third kappa shape index (κ3) is 3.19. The zero-order valence-corrected chi connectivity index (χ0v) is 11.7. The van der Waals surface area contributed by atoms with Crippen LogP contribution >= 0.6 is 15.9 Å². The zero-order valence-electron chi connectivity index (χ0n) is 10.1. The summed E-state index contributed by atoms with van der Waals surface area (Å²) in [7, 11) is 1.65. The lowest BCUT2D eigenvalue weighted by molar-refractivity contribution is 0.177. The number of aromatic nitrogens is 2. The molecule has 0 amide bonds. The van der Waals surface area contributed by atoms with E-state index in [4.69, 9.17) is 9.84 Å². The molecule has 1 aromatic heterocycles. The van der Waals surface area contributed by atoms with Crippen LogP contribution < -0.4 is 0 Å². The number of benzene rings is 1. The molecular weight excluding hydrogens is 296 g/mol. The number of aliphatic hydroxyl groups excluding tert-OH is 1. The predicted octanol–water partition coefficient (Wildman–Crippen LogP) is 2.33. The molecule has 0 unspecified atom stereocenters. The van der Waals surface area contributed by atoms with Gasteiger partial charge in [0, 0.05) is 11.6 Å². The minimum absolute atomic E-state index is 0.0534. The first-order valence-corrected chi connectivity index (χ1v) is 6.42. The van der Waals surface area contributed by atoms with Gasteiger partial charge in [-0.2, -0.15) is 5.10 Å². The highest BCUT2D eigenvalue weighted by Gasteiger charge is 2.07. The normalized spacial score (nSPS) is 10.8. The van der Waals surface area contributed by atoms with E-state index in [9.17, 15) is 0 Å². The van der Waals surface area contributed by atoms with Crippen LogP contribution in [0.3, 0.4) is 0 Å². The highest BCUT2D eigenvalue weighted by Crippen LogP contribution is 2.14. The minimum Gasteiger partial charge on any atom is -0.390 e. The number of aliphatic hydroxyl groups is 1. The molecule has 1 aromatic carbocycles. The summed E-state index contributed by atoms with van der Waals surface area (Å²) in [6.45, 7) is 1.10. The fourth-order valence-electron chi connectivity index (χ4n) is 1.80. The Morgan fingerprint density at radius 1 is 1.39 bits per heavy atom. The van der Waals surface area contributed by atoms with Gasteiger partial charge in [-0.15, -0.1) is 0 Å². The number of rotatable bonds is 5. The van der Waals surface area contributed by atoms with E-state index in [1.54, 1.807) is 7.11 Å². The molecule has 18 heavy (non-hydrogen) atoms. The van der Waals surface area contributed by atoms with E-state index < -0.39 is 0 Å². The Morgan fingerprint density at radius 2 is 2.22 bits per heavy atom. The van der Waals surface area contributed by atoms with Crippen molar-refractivity contribution in [3.05, 3.63) is 51.8 Å². The summed E-state index contributed by atoms with van der Waals surface area (Å²) in [6, 6.07) is 9.94. The number of nitrogens with zero attached hydrogens (tertiary/aromatic N) is 2. The van der Waals surface area contributed by atoms with Crippen LogP contribution in [0.1, 0.15) is 17.0 Å². The second kappa shape index (κ2) is 6.13. The molecule has 0 spiro atoms. The molecular formula is C13H15BrN2O2. The molecule has 0 atom stereocenters. The lowest BCUT2D eigenvalue weighted by Gasteiger charge is -2.07. The average molecular weight is 311 g/mol. The van der Waals surface area contributed by atoms with Gasteiger partial charge in [-0.05, 0) is 23.8 Å². The quantitative estimate of drug-likeness (QED) is 0.922. The average Bonchev–Trinajstić information content (AvgIpc) is 2.72. The molecule has 2 rings (SSSR count). The Labute approximate surface area is 114 Å². The van der Waals surface area contributed by atoms with Crippen molar-refractivity contribution < 1.29 is 9.84 Å². The maximum absolute atomic E-state index is 9.13. The summed E-state index contributed by atoms with van der Waals surface area (Å²) in [5.74, 6) is 0. The molecule has 0 bridgehead atoms. The molecule has 0 fully saturated rings. The second-order valence-corrected chi connectivity index (χ2v) is 4.92. The van der Waals surface area contributed by atoms with Crippen molar-refractivity contribution in [3.63, 3.8) is 0 Å². The first kappa shape index (κ1) is 13.3. The molecule has 0 radical (unpaired) electrons. The van der Waals surface area contributed by atoms with Crippen molar-refractivity contribution in [2.75, 3.05) is 7.11 Å². The van der Waals surface area contributed by atoms with Crippen LogP contribution in [-0.2, 0) is 24.5 Å². The van der Waals surface area contributed by atoms with Gasteiger partial charge < -0.3 is 9.84 Å². The van der Waals surface area contributed by atoms with E-state index in [1.807, 2.05) is 28.9 Å². The van der Waals surface area contributed by atoms with Gasteiger partial charge in [0.15, 0.2) is 0 Å². The fraction of sp³-hybridized carbons (Fsp3) is 0.308. The van der Waals surface area contributed by atoms with Crippen LogP contribution in [0.2, 0.25) is 0 Å². The number of hydrogen-bond acceptors (Lipinski definition) is 3. The Bertz CT molecular complexity index is 525. The molecule has 0 aliphatic rings. The molecule has 0 saturated carbocycles. The largest absolute Gasteiger partial charge is 0.390 e. The van der Waals surface area contributed by atoms with Crippen LogP contribution in [0, 0.1) is 0 Å². The smallest absolute Gasteiger partial charge is 0.0882 e. The van der Waals surface area contributed by atoms with Crippen molar-refractivity contribution in [2.45, 2.75) is 19.8 Å². The van der Waals surface area contributed by atoms with Gasteiger partial charge in [-0.1, -0.05) is 28.1 Å². The van der Waals surface area contributed by atoms with E-state index in [2.05, 4.69) is 27.1 Å². The van der Waals surface area contributed by atoms with Crippen LogP contribution in [0.15, 0.2) is 34.8 Å². The predicted molar refractivity (Wildman–Crippen MR) is 72.1 cm³/mol. The molecule has 96 valence electrons. The second-order valence-electron chi connectivity index (χ2n) is 4.01. The topological polar surface area (TPSA) is 47.3 Å². The standard InChI is InChI=1S/C13H15BrN2O2/c1-18-9-13-6-12(8-17)15-16(13)7-10-3-2-4-11(14)5-10/h2-6,17H,7-9H2,1H3. The summed E-state index contributed by atoms with van der Waals surface area (Å²) in [5.41, 5.74) is 2.77. The Hall–Kier alpha value is -1.17. The minimum atomic E-state index is -0.0534. The molecule has 2 aromatic rings. The highest BCUT2D eigenvalue weighted by molar-refractivity contribution is 9.10. The van der Waals surface area contributed by atoms with E-state index in [-0.39, 0.29) is 6.61 Å². The maximum Gasteiger partial charge on any atom is 0.0882 e. The van der Waals surface area contributed by atoms with Gasteiger partial charge in [0.1, 0.15) is 0 Å². The van der Waals surface area contributed by atoms with E-state index >= 15 is 0 Å². The summed E-state index contributed by atoms with van der Waals surface area (Å²) in [4.78, 5) is 0. The Kier molecular flexibility index (Phi) is 4.52. The third-order valence-electron chi connectivity index (χ3n) is 2.59. The van der Waals surface area contributed by atoms with Crippen LogP contribution in [0.4, 0.5) is 0 Å². The van der Waals surface area contributed by atoms with Gasteiger partial charge in [-0.3, -0.25) is 4.68 Å². The molecule has 4 nitrogen and oxygen atoms in total. The van der Waals surface area contributed by atoms with Crippen molar-refractivity contribution in [1.29, 1.82) is 0 Å². The summed E-state index contributed by atoms with van der Waals surface area (Å²) in [5, 5.41) is 13.5. The Balaban J connectivity index is 2.24. The van der Waals surface area contributed by atoms with Gasteiger partial charge in [-0.25, -0.2) is 0 Å². The van der Waals surface area contributed by atoms with Crippen LogP contribution in [0.5, 0.6) is 0 Å². The molecule has 5 heteroatoms. The summed E-state index contributed by atoms with van der Waals surface area (Å²) >= 11 is 3.45. The van der Waals surface area contributed by atoms with Crippen molar-refractivity contribution in [2.24, 2.45) is 0 Å². The number of hydrogen-bond donors (Lipinski definition) is 1. The first-order chi connectivity index (χ1) is 8.72. The lowest BCUT2D eigenvalue weighted by Crippen LogP contribution is -2.07. The van der Waals surface area contributed by atoms with Gasteiger partial charge >= 0.3 is 0 Å². The number of methoxy groups -OCH3 is 1. The van der Waals surface area contributed by atoms with Crippen molar-refractivity contribution in [1.82, 2.24) is 9.78 Å². The van der Waals surface area contributed by atoms with Crippen molar-refractivity contribution >= 4 is 15.9 Å². The van der Waals surface area contributed by atoms with Gasteiger partial charge in [0.2, 0.25) is 0 Å². The van der Waals surface area contributed by atoms with Gasteiger partial charge in [0.05, 0.1) is 31.1 Å². The van der Waals surface area contributed by atoms with E-state index in [0.717, 1.165) is 15.7 Å². The Morgan fingerprint density at radius 3 is 2.89 bits per heavy atom. The van der Waals surface area contributed by atoms with E-state index in [1.165, 1.54) is 0 Å². The monoisotopic (exact) mass is 310 g/mol. The SMILES string of the molecule is COCc1cc(CO)nn1Cc1cccc(Br)c1. The molecule has 1 N–H and O–H groups in total. The molecule has 0 aliphatic carbocycles. The molecule has 0 aliphatic heterocycles. The zero-order chi connectivity index (χ0) is 13.0. The third-order valence-corrected chi connectivity index (χ3v) is 3.08. The van der Waals surface area contributed by atoms with Gasteiger partial charge in [0.25, 0.3) is 0 Å². The fourth-order valence-corrected chi connectivity index (χ4v) is 2.25. The summed E-state index contributed by atoms with van der Waals surface area (Å²) < 4.78 is 8.04. The summed E-state index contributed by atoms with van der Waals surface area (Å²) in [6.07, 6.45) is 0. The highest BCUT2D eigenvalue weighted by atomic mass is 79.9.